The molecule has 0 aliphatic carbocycles. The van der Waals surface area contributed by atoms with Gasteiger partial charge in [-0.25, -0.2) is 0 Å². The van der Waals surface area contributed by atoms with E-state index in [1.165, 1.54) is 11.3 Å². The smallest absolute Gasteiger partial charge is 0.261 e. The Morgan fingerprint density at radius 1 is 1.10 bits per heavy atom. The van der Waals surface area contributed by atoms with Gasteiger partial charge in [0.25, 0.3) is 5.91 Å². The Morgan fingerprint density at radius 2 is 1.85 bits per heavy atom. The Hall–Kier alpha value is -2.33. The number of nitrogens with two attached hydrogens (primary N) is 1. The van der Waals surface area contributed by atoms with Crippen molar-refractivity contribution >= 4 is 33.0 Å². The maximum atomic E-state index is 12.1. The van der Waals surface area contributed by atoms with E-state index in [1.54, 1.807) is 0 Å². The number of thiophene rings is 1. The highest BCUT2D eigenvalue weighted by Gasteiger charge is 2.09. The van der Waals surface area contributed by atoms with Crippen LogP contribution in [-0.2, 0) is 6.54 Å². The number of benzene rings is 2. The third kappa shape index (κ3) is 2.65. The summed E-state index contributed by atoms with van der Waals surface area (Å²) >= 11 is 1.51. The summed E-state index contributed by atoms with van der Waals surface area (Å²) in [6.07, 6.45) is 0. The molecule has 20 heavy (non-hydrogen) atoms. The Kier molecular flexibility index (Phi) is 3.39. The largest absolute Gasteiger partial charge is 0.399 e. The van der Waals surface area contributed by atoms with Crippen LogP contribution in [0.15, 0.2) is 54.6 Å². The summed E-state index contributed by atoms with van der Waals surface area (Å²) in [5.74, 6) is -0.0389. The summed E-state index contributed by atoms with van der Waals surface area (Å²) < 4.78 is 1.13. The van der Waals surface area contributed by atoms with Gasteiger partial charge in [0.1, 0.15) is 0 Å². The molecule has 3 aromatic rings. The summed E-state index contributed by atoms with van der Waals surface area (Å²) in [7, 11) is 0. The zero-order valence-electron chi connectivity index (χ0n) is 10.8. The van der Waals surface area contributed by atoms with Gasteiger partial charge in [-0.15, -0.1) is 11.3 Å². The van der Waals surface area contributed by atoms with Gasteiger partial charge in [-0.2, -0.15) is 0 Å². The maximum Gasteiger partial charge on any atom is 0.261 e. The SMILES string of the molecule is Nc1ccc(CNC(=O)c2cc3ccccc3s2)cc1. The van der Waals surface area contributed by atoms with Gasteiger partial charge in [-0.05, 0) is 35.2 Å². The maximum absolute atomic E-state index is 12.1. The fourth-order valence-corrected chi connectivity index (χ4v) is 2.98. The van der Waals surface area contributed by atoms with E-state index >= 15 is 0 Å². The molecule has 3 N–H and O–H groups in total. The second kappa shape index (κ2) is 5.35. The van der Waals surface area contributed by atoms with Crippen molar-refractivity contribution in [2.45, 2.75) is 6.54 Å². The van der Waals surface area contributed by atoms with Crippen molar-refractivity contribution in [2.75, 3.05) is 5.73 Å². The van der Waals surface area contributed by atoms with Crippen LogP contribution in [0.5, 0.6) is 0 Å². The molecule has 0 saturated heterocycles. The van der Waals surface area contributed by atoms with Crippen LogP contribution in [0.4, 0.5) is 5.69 Å². The molecule has 0 atom stereocenters. The summed E-state index contributed by atoms with van der Waals surface area (Å²) in [4.78, 5) is 12.9. The van der Waals surface area contributed by atoms with E-state index in [0.29, 0.717) is 6.54 Å². The van der Waals surface area contributed by atoms with Gasteiger partial charge in [0.15, 0.2) is 0 Å². The standard InChI is InChI=1S/C16H14N2OS/c17-13-7-5-11(6-8-13)10-18-16(19)15-9-12-3-1-2-4-14(12)20-15/h1-9H,10,17H2,(H,18,19). The Labute approximate surface area is 121 Å². The number of carbonyl (C=O) groups is 1. The zero-order chi connectivity index (χ0) is 13.9. The molecule has 0 spiro atoms. The fraction of sp³-hybridized carbons (Fsp3) is 0.0625. The molecular formula is C16H14N2OS. The van der Waals surface area contributed by atoms with Crippen LogP contribution in [0, 0.1) is 0 Å². The quantitative estimate of drug-likeness (QED) is 0.723. The molecule has 1 heterocycles. The molecule has 3 nitrogen and oxygen atoms in total. The summed E-state index contributed by atoms with van der Waals surface area (Å²) in [5, 5.41) is 4.03. The lowest BCUT2D eigenvalue weighted by atomic mass is 10.2. The van der Waals surface area contributed by atoms with Crippen LogP contribution >= 0.6 is 11.3 Å². The third-order valence-electron chi connectivity index (χ3n) is 3.08. The first-order valence-corrected chi connectivity index (χ1v) is 7.15. The van der Waals surface area contributed by atoms with Gasteiger partial charge in [-0.3, -0.25) is 4.79 Å². The Balaban J connectivity index is 1.71. The van der Waals surface area contributed by atoms with Gasteiger partial charge < -0.3 is 11.1 Å². The normalized spacial score (nSPS) is 10.6. The monoisotopic (exact) mass is 282 g/mol. The lowest BCUT2D eigenvalue weighted by Gasteiger charge is -2.04. The molecule has 1 aromatic heterocycles. The lowest BCUT2D eigenvalue weighted by Crippen LogP contribution is -2.21. The van der Waals surface area contributed by atoms with E-state index < -0.39 is 0 Å². The number of hydrogen-bond donors (Lipinski definition) is 2. The summed E-state index contributed by atoms with van der Waals surface area (Å²) in [5.41, 5.74) is 7.39. The summed E-state index contributed by atoms with van der Waals surface area (Å²) in [6, 6.07) is 17.4. The van der Waals surface area contributed by atoms with E-state index in [4.69, 9.17) is 5.73 Å². The van der Waals surface area contributed by atoms with Crippen LogP contribution in [0.1, 0.15) is 15.2 Å². The molecular weight excluding hydrogens is 268 g/mol. The number of amides is 1. The Morgan fingerprint density at radius 3 is 2.60 bits per heavy atom. The second-order valence-electron chi connectivity index (χ2n) is 4.57. The highest BCUT2D eigenvalue weighted by atomic mass is 32.1. The van der Waals surface area contributed by atoms with E-state index in [1.807, 2.05) is 54.6 Å². The first-order valence-electron chi connectivity index (χ1n) is 6.33. The van der Waals surface area contributed by atoms with Crippen molar-refractivity contribution in [3.8, 4) is 0 Å². The first kappa shape index (κ1) is 12.7. The van der Waals surface area contributed by atoms with Crippen molar-refractivity contribution in [3.05, 3.63) is 65.0 Å². The van der Waals surface area contributed by atoms with Crippen LogP contribution in [0.3, 0.4) is 0 Å². The number of hydrogen-bond acceptors (Lipinski definition) is 3. The molecule has 3 rings (SSSR count). The fourth-order valence-electron chi connectivity index (χ4n) is 2.00. The summed E-state index contributed by atoms with van der Waals surface area (Å²) in [6.45, 7) is 0.507. The number of carbonyl (C=O) groups excluding carboxylic acids is 1. The molecule has 0 fully saturated rings. The van der Waals surface area contributed by atoms with E-state index in [-0.39, 0.29) is 5.91 Å². The second-order valence-corrected chi connectivity index (χ2v) is 5.66. The molecule has 0 bridgehead atoms. The average Bonchev–Trinajstić information content (AvgIpc) is 2.90. The number of fused-ring (bicyclic) bond motifs is 1. The van der Waals surface area contributed by atoms with Crippen molar-refractivity contribution in [3.63, 3.8) is 0 Å². The first-order chi connectivity index (χ1) is 9.72. The number of nitrogens with one attached hydrogen (secondary N) is 1. The Bertz CT molecular complexity index is 714. The van der Waals surface area contributed by atoms with Crippen LogP contribution in [0.25, 0.3) is 10.1 Å². The molecule has 0 aliphatic rings. The average molecular weight is 282 g/mol. The van der Waals surface area contributed by atoms with Gasteiger partial charge in [-0.1, -0.05) is 30.3 Å². The van der Waals surface area contributed by atoms with E-state index in [0.717, 1.165) is 26.2 Å². The molecule has 4 heteroatoms. The van der Waals surface area contributed by atoms with E-state index in [9.17, 15) is 4.79 Å². The van der Waals surface area contributed by atoms with Crippen molar-refractivity contribution in [1.29, 1.82) is 0 Å². The molecule has 100 valence electrons. The highest BCUT2D eigenvalue weighted by Crippen LogP contribution is 2.25. The predicted octanol–water partition coefficient (Wildman–Crippen LogP) is 3.41. The molecule has 0 saturated carbocycles. The van der Waals surface area contributed by atoms with Crippen molar-refractivity contribution in [1.82, 2.24) is 5.32 Å². The topological polar surface area (TPSA) is 55.1 Å². The van der Waals surface area contributed by atoms with Gasteiger partial charge in [0.05, 0.1) is 4.88 Å². The van der Waals surface area contributed by atoms with Gasteiger partial charge in [0.2, 0.25) is 0 Å². The minimum absolute atomic E-state index is 0.0389. The van der Waals surface area contributed by atoms with Gasteiger partial charge in [0, 0.05) is 16.9 Å². The molecule has 0 unspecified atom stereocenters. The van der Waals surface area contributed by atoms with Crippen molar-refractivity contribution < 1.29 is 4.79 Å². The molecule has 1 amide bonds. The molecule has 0 radical (unpaired) electrons. The predicted molar refractivity (Wildman–Crippen MR) is 83.8 cm³/mol. The van der Waals surface area contributed by atoms with Crippen LogP contribution in [0.2, 0.25) is 0 Å². The third-order valence-corrected chi connectivity index (χ3v) is 4.20. The van der Waals surface area contributed by atoms with Crippen LogP contribution < -0.4 is 11.1 Å². The minimum Gasteiger partial charge on any atom is -0.399 e. The number of nitrogen functional groups attached to an aromatic ring is 1. The number of anilines is 1. The lowest BCUT2D eigenvalue weighted by molar-refractivity contribution is 0.0955. The van der Waals surface area contributed by atoms with Gasteiger partial charge >= 0.3 is 0 Å². The molecule has 2 aromatic carbocycles. The van der Waals surface area contributed by atoms with Crippen molar-refractivity contribution in [2.24, 2.45) is 0 Å². The van der Waals surface area contributed by atoms with Crippen LogP contribution in [-0.4, -0.2) is 5.91 Å². The van der Waals surface area contributed by atoms with E-state index in [2.05, 4.69) is 5.32 Å². The number of rotatable bonds is 3. The molecule has 0 aliphatic heterocycles. The minimum atomic E-state index is -0.0389. The highest BCUT2D eigenvalue weighted by molar-refractivity contribution is 7.20. The zero-order valence-corrected chi connectivity index (χ0v) is 11.6.